The van der Waals surface area contributed by atoms with Crippen LogP contribution in [0.3, 0.4) is 0 Å². The van der Waals surface area contributed by atoms with Gasteiger partial charge in [-0.15, -0.1) is 0 Å². The molecule has 0 bridgehead atoms. The normalized spacial score (nSPS) is 10.5. The summed E-state index contributed by atoms with van der Waals surface area (Å²) in [7, 11) is 0. The van der Waals surface area contributed by atoms with E-state index in [2.05, 4.69) is 4.98 Å². The second kappa shape index (κ2) is 7.71. The molecule has 4 heteroatoms. The van der Waals surface area contributed by atoms with Gasteiger partial charge in [0.25, 0.3) is 5.91 Å². The molecule has 126 valence electrons. The molecule has 3 rings (SSSR count). The molecule has 3 nitrogen and oxygen atoms in total. The molecule has 0 atom stereocenters. The van der Waals surface area contributed by atoms with Gasteiger partial charge in [-0.3, -0.25) is 9.78 Å². The van der Waals surface area contributed by atoms with E-state index in [1.54, 1.807) is 29.4 Å². The van der Waals surface area contributed by atoms with Gasteiger partial charge in [0.15, 0.2) is 0 Å². The number of hydrogen-bond donors (Lipinski definition) is 0. The van der Waals surface area contributed by atoms with Crippen LogP contribution < -0.4 is 0 Å². The van der Waals surface area contributed by atoms with Gasteiger partial charge in [-0.25, -0.2) is 4.39 Å². The minimum atomic E-state index is -0.500. The van der Waals surface area contributed by atoms with Crippen molar-refractivity contribution < 1.29 is 9.18 Å². The van der Waals surface area contributed by atoms with Crippen molar-refractivity contribution in [2.75, 3.05) is 0 Å². The zero-order chi connectivity index (χ0) is 17.6. The molecular formula is C21H19FN2O. The van der Waals surface area contributed by atoms with Gasteiger partial charge in [-0.2, -0.15) is 0 Å². The van der Waals surface area contributed by atoms with E-state index < -0.39 is 5.82 Å². The highest BCUT2D eigenvalue weighted by Crippen LogP contribution is 2.17. The first-order chi connectivity index (χ1) is 12.1. The fourth-order valence-corrected chi connectivity index (χ4v) is 2.69. The van der Waals surface area contributed by atoms with Gasteiger partial charge in [0.1, 0.15) is 5.82 Å². The van der Waals surface area contributed by atoms with E-state index in [0.29, 0.717) is 13.1 Å². The number of halogens is 1. The summed E-state index contributed by atoms with van der Waals surface area (Å²) < 4.78 is 14.2. The summed E-state index contributed by atoms with van der Waals surface area (Å²) in [5.74, 6) is -0.825. The van der Waals surface area contributed by atoms with Gasteiger partial charge in [0, 0.05) is 25.5 Å². The Morgan fingerprint density at radius 3 is 2.44 bits per heavy atom. The zero-order valence-corrected chi connectivity index (χ0v) is 14.0. The highest BCUT2D eigenvalue weighted by Gasteiger charge is 2.20. The van der Waals surface area contributed by atoms with Crippen LogP contribution in [0.4, 0.5) is 4.39 Å². The smallest absolute Gasteiger partial charge is 0.257 e. The maximum atomic E-state index is 14.2. The van der Waals surface area contributed by atoms with E-state index in [-0.39, 0.29) is 11.5 Å². The average Bonchev–Trinajstić information content (AvgIpc) is 2.64. The maximum Gasteiger partial charge on any atom is 0.257 e. The number of pyridine rings is 1. The van der Waals surface area contributed by atoms with Crippen molar-refractivity contribution in [2.45, 2.75) is 20.0 Å². The lowest BCUT2D eigenvalue weighted by Crippen LogP contribution is -2.31. The molecule has 0 saturated heterocycles. The van der Waals surface area contributed by atoms with Crippen molar-refractivity contribution in [2.24, 2.45) is 0 Å². The lowest BCUT2D eigenvalue weighted by atomic mass is 10.1. The Morgan fingerprint density at radius 1 is 1.00 bits per heavy atom. The van der Waals surface area contributed by atoms with Gasteiger partial charge < -0.3 is 4.90 Å². The summed E-state index contributed by atoms with van der Waals surface area (Å²) in [6.45, 7) is 2.62. The van der Waals surface area contributed by atoms with Crippen molar-refractivity contribution >= 4 is 5.91 Å². The predicted octanol–water partition coefficient (Wildman–Crippen LogP) is 4.37. The van der Waals surface area contributed by atoms with Gasteiger partial charge in [0.2, 0.25) is 0 Å². The van der Waals surface area contributed by atoms with Crippen LogP contribution in [0, 0.1) is 12.7 Å². The minimum Gasteiger partial charge on any atom is -0.330 e. The van der Waals surface area contributed by atoms with Crippen LogP contribution in [0.5, 0.6) is 0 Å². The van der Waals surface area contributed by atoms with E-state index in [1.165, 1.54) is 6.07 Å². The molecule has 1 heterocycles. The zero-order valence-electron chi connectivity index (χ0n) is 14.0. The Morgan fingerprint density at radius 2 is 1.72 bits per heavy atom. The van der Waals surface area contributed by atoms with Crippen LogP contribution in [0.15, 0.2) is 73.1 Å². The molecule has 0 aliphatic carbocycles. The molecule has 0 saturated carbocycles. The van der Waals surface area contributed by atoms with Crippen LogP contribution in [0.2, 0.25) is 0 Å². The van der Waals surface area contributed by atoms with Crippen molar-refractivity contribution in [3.63, 3.8) is 0 Å². The topological polar surface area (TPSA) is 33.2 Å². The summed E-state index contributed by atoms with van der Waals surface area (Å²) in [5, 5.41) is 0. The average molecular weight is 334 g/mol. The molecule has 0 aliphatic rings. The Labute approximate surface area is 146 Å². The molecule has 1 aromatic heterocycles. The number of amides is 1. The fraction of sp³-hybridized carbons (Fsp3) is 0.143. The lowest BCUT2D eigenvalue weighted by Gasteiger charge is -2.23. The molecule has 2 aromatic carbocycles. The first-order valence-corrected chi connectivity index (χ1v) is 8.12. The summed E-state index contributed by atoms with van der Waals surface area (Å²) in [5.41, 5.74) is 2.85. The summed E-state index contributed by atoms with van der Waals surface area (Å²) in [6.07, 6.45) is 3.41. The van der Waals surface area contributed by atoms with E-state index in [9.17, 15) is 9.18 Å². The third kappa shape index (κ3) is 4.29. The highest BCUT2D eigenvalue weighted by atomic mass is 19.1. The SMILES string of the molecule is Cc1ccc(F)c(C(=O)N(Cc2ccccc2)Cc2cccnc2)c1. The van der Waals surface area contributed by atoms with E-state index in [4.69, 9.17) is 0 Å². The van der Waals surface area contributed by atoms with Crippen molar-refractivity contribution in [1.29, 1.82) is 0 Å². The molecule has 25 heavy (non-hydrogen) atoms. The standard InChI is InChI=1S/C21H19FN2O/c1-16-9-10-20(22)19(12-16)21(25)24(14-17-6-3-2-4-7-17)15-18-8-5-11-23-13-18/h2-13H,14-15H2,1H3. The van der Waals surface area contributed by atoms with Crippen LogP contribution in [-0.4, -0.2) is 15.8 Å². The summed E-state index contributed by atoms with van der Waals surface area (Å²) >= 11 is 0. The number of nitrogens with zero attached hydrogens (tertiary/aromatic N) is 2. The third-order valence-corrected chi connectivity index (χ3v) is 3.95. The van der Waals surface area contributed by atoms with Crippen LogP contribution in [-0.2, 0) is 13.1 Å². The lowest BCUT2D eigenvalue weighted by molar-refractivity contribution is 0.0725. The number of carbonyl (C=O) groups excluding carboxylic acids is 1. The van der Waals surface area contributed by atoms with Gasteiger partial charge >= 0.3 is 0 Å². The molecule has 0 radical (unpaired) electrons. The van der Waals surface area contributed by atoms with Gasteiger partial charge in [-0.1, -0.05) is 48.0 Å². The van der Waals surface area contributed by atoms with E-state index in [0.717, 1.165) is 16.7 Å². The summed E-state index contributed by atoms with van der Waals surface area (Å²) in [6, 6.07) is 18.0. The first-order valence-electron chi connectivity index (χ1n) is 8.12. The Bertz CT molecular complexity index is 809. The molecule has 3 aromatic rings. The Hall–Kier alpha value is -3.01. The molecular weight excluding hydrogens is 315 g/mol. The largest absolute Gasteiger partial charge is 0.330 e. The first kappa shape index (κ1) is 16.8. The quantitative estimate of drug-likeness (QED) is 0.694. The van der Waals surface area contributed by atoms with Crippen molar-refractivity contribution in [3.8, 4) is 0 Å². The number of aromatic nitrogens is 1. The molecule has 1 amide bonds. The number of benzene rings is 2. The number of aryl methyl sites for hydroxylation is 1. The van der Waals surface area contributed by atoms with E-state index in [1.807, 2.05) is 49.4 Å². The monoisotopic (exact) mass is 334 g/mol. The van der Waals surface area contributed by atoms with Crippen molar-refractivity contribution in [1.82, 2.24) is 9.88 Å². The van der Waals surface area contributed by atoms with Crippen molar-refractivity contribution in [3.05, 3.63) is 101 Å². The summed E-state index contributed by atoms with van der Waals surface area (Å²) in [4.78, 5) is 18.7. The molecule has 0 aliphatic heterocycles. The highest BCUT2D eigenvalue weighted by molar-refractivity contribution is 5.94. The van der Waals surface area contributed by atoms with E-state index >= 15 is 0 Å². The molecule has 0 fully saturated rings. The van der Waals surface area contributed by atoms with Crippen LogP contribution >= 0.6 is 0 Å². The Balaban J connectivity index is 1.92. The van der Waals surface area contributed by atoms with Crippen LogP contribution in [0.1, 0.15) is 27.0 Å². The number of hydrogen-bond acceptors (Lipinski definition) is 2. The number of rotatable bonds is 5. The van der Waals surface area contributed by atoms with Gasteiger partial charge in [0.05, 0.1) is 5.56 Å². The second-order valence-electron chi connectivity index (χ2n) is 5.99. The fourth-order valence-electron chi connectivity index (χ4n) is 2.69. The Kier molecular flexibility index (Phi) is 5.19. The molecule has 0 unspecified atom stereocenters. The predicted molar refractivity (Wildman–Crippen MR) is 95.4 cm³/mol. The second-order valence-corrected chi connectivity index (χ2v) is 5.99. The minimum absolute atomic E-state index is 0.0971. The van der Waals surface area contributed by atoms with Crippen LogP contribution in [0.25, 0.3) is 0 Å². The number of carbonyl (C=O) groups is 1. The maximum absolute atomic E-state index is 14.2. The molecule has 0 N–H and O–H groups in total. The third-order valence-electron chi connectivity index (χ3n) is 3.95. The van der Waals surface area contributed by atoms with Gasteiger partial charge in [-0.05, 0) is 36.2 Å². The molecule has 0 spiro atoms.